The van der Waals surface area contributed by atoms with Gasteiger partial charge in [0, 0.05) is 49.3 Å². The topological polar surface area (TPSA) is 63.1 Å². The van der Waals surface area contributed by atoms with E-state index in [1.807, 2.05) is 6.20 Å². The molecule has 0 aromatic carbocycles. The highest BCUT2D eigenvalue weighted by Gasteiger charge is 2.34. The Labute approximate surface area is 129 Å². The third-order valence-electron chi connectivity index (χ3n) is 4.39. The van der Waals surface area contributed by atoms with Crippen molar-refractivity contribution in [2.75, 3.05) is 13.1 Å². The number of imidazole rings is 1. The van der Waals surface area contributed by atoms with Crippen LogP contribution in [-0.4, -0.2) is 50.5 Å². The maximum atomic E-state index is 12.4. The first-order valence-electron chi connectivity index (χ1n) is 7.79. The van der Waals surface area contributed by atoms with Gasteiger partial charge in [0.15, 0.2) is 0 Å². The number of carbonyl (C=O) groups is 1. The highest BCUT2D eigenvalue weighted by atomic mass is 16.1. The van der Waals surface area contributed by atoms with Gasteiger partial charge in [-0.05, 0) is 31.4 Å². The minimum atomic E-state index is -0.0218. The van der Waals surface area contributed by atoms with Crippen molar-refractivity contribution >= 4 is 5.91 Å². The Morgan fingerprint density at radius 2 is 2.18 bits per heavy atom. The molecule has 22 heavy (non-hydrogen) atoms. The van der Waals surface area contributed by atoms with Crippen LogP contribution in [0.4, 0.5) is 0 Å². The van der Waals surface area contributed by atoms with Crippen molar-refractivity contribution in [1.82, 2.24) is 24.8 Å². The third-order valence-corrected chi connectivity index (χ3v) is 4.39. The van der Waals surface area contributed by atoms with E-state index in [2.05, 4.69) is 20.2 Å². The summed E-state index contributed by atoms with van der Waals surface area (Å²) in [6, 6.07) is 4.59. The van der Waals surface area contributed by atoms with E-state index in [0.717, 1.165) is 25.6 Å². The lowest BCUT2D eigenvalue weighted by atomic mass is 10.2. The quantitative estimate of drug-likeness (QED) is 0.922. The van der Waals surface area contributed by atoms with E-state index in [0.29, 0.717) is 11.4 Å². The minimum Gasteiger partial charge on any atom is -0.348 e. The predicted molar refractivity (Wildman–Crippen MR) is 81.8 cm³/mol. The van der Waals surface area contributed by atoms with Crippen LogP contribution in [0.5, 0.6) is 0 Å². The summed E-state index contributed by atoms with van der Waals surface area (Å²) in [5.41, 5.74) is 0.642. The highest BCUT2D eigenvalue weighted by Crippen LogP contribution is 2.29. The molecule has 6 nitrogen and oxygen atoms in total. The van der Waals surface area contributed by atoms with E-state index in [-0.39, 0.29) is 11.9 Å². The van der Waals surface area contributed by atoms with Crippen LogP contribution in [0, 0.1) is 0 Å². The van der Waals surface area contributed by atoms with Crippen LogP contribution in [-0.2, 0) is 0 Å². The number of likely N-dealkylation sites (tertiary alicyclic amines) is 1. The fourth-order valence-electron chi connectivity index (χ4n) is 3.04. The van der Waals surface area contributed by atoms with E-state index in [9.17, 15) is 4.79 Å². The molecule has 1 aliphatic heterocycles. The first kappa shape index (κ1) is 13.5. The van der Waals surface area contributed by atoms with Gasteiger partial charge in [0.25, 0.3) is 5.91 Å². The zero-order valence-corrected chi connectivity index (χ0v) is 12.4. The van der Waals surface area contributed by atoms with E-state index < -0.39 is 0 Å². The van der Waals surface area contributed by atoms with Crippen LogP contribution in [0.1, 0.15) is 29.6 Å². The van der Waals surface area contributed by atoms with Crippen molar-refractivity contribution in [3.8, 4) is 5.82 Å². The fourth-order valence-corrected chi connectivity index (χ4v) is 3.04. The molecule has 1 aliphatic carbocycles. The summed E-state index contributed by atoms with van der Waals surface area (Å²) in [7, 11) is 0. The molecular formula is C16H19N5O. The Morgan fingerprint density at radius 1 is 1.27 bits per heavy atom. The molecule has 0 spiro atoms. The van der Waals surface area contributed by atoms with Crippen molar-refractivity contribution in [2.45, 2.75) is 31.3 Å². The second-order valence-electron chi connectivity index (χ2n) is 6.06. The summed E-state index contributed by atoms with van der Waals surface area (Å²) in [5, 5.41) is 3.15. The lowest BCUT2D eigenvalue weighted by molar-refractivity contribution is 0.0937. The van der Waals surface area contributed by atoms with Gasteiger partial charge in [-0.3, -0.25) is 14.3 Å². The Kier molecular flexibility index (Phi) is 3.38. The smallest absolute Gasteiger partial charge is 0.251 e. The van der Waals surface area contributed by atoms with Gasteiger partial charge >= 0.3 is 0 Å². The number of hydrogen-bond donors (Lipinski definition) is 1. The van der Waals surface area contributed by atoms with Crippen molar-refractivity contribution in [1.29, 1.82) is 0 Å². The minimum absolute atomic E-state index is 0.0218. The molecular weight excluding hydrogens is 278 g/mol. The molecule has 1 atom stereocenters. The van der Waals surface area contributed by atoms with Crippen LogP contribution in [0.3, 0.4) is 0 Å². The number of carbonyl (C=O) groups excluding carboxylic acids is 1. The summed E-state index contributed by atoms with van der Waals surface area (Å²) in [4.78, 5) is 23.2. The molecule has 2 fully saturated rings. The molecule has 6 heteroatoms. The molecule has 1 saturated heterocycles. The van der Waals surface area contributed by atoms with Crippen molar-refractivity contribution in [2.24, 2.45) is 0 Å². The molecule has 114 valence electrons. The number of amides is 1. The average molecular weight is 297 g/mol. The molecule has 2 aromatic heterocycles. The zero-order valence-electron chi connectivity index (χ0n) is 12.4. The van der Waals surface area contributed by atoms with Crippen LogP contribution in [0.25, 0.3) is 5.82 Å². The summed E-state index contributed by atoms with van der Waals surface area (Å²) in [6.45, 7) is 2.09. The Hall–Kier alpha value is -2.21. The van der Waals surface area contributed by atoms with Crippen molar-refractivity contribution in [3.05, 3.63) is 42.6 Å². The molecule has 2 aliphatic rings. The van der Waals surface area contributed by atoms with Gasteiger partial charge in [-0.15, -0.1) is 0 Å². The van der Waals surface area contributed by atoms with Gasteiger partial charge in [-0.25, -0.2) is 9.97 Å². The molecule has 3 heterocycles. The predicted octanol–water partition coefficient (Wildman–Crippen LogP) is 1.23. The van der Waals surface area contributed by atoms with Crippen LogP contribution >= 0.6 is 0 Å². The number of hydrogen-bond acceptors (Lipinski definition) is 4. The lowest BCUT2D eigenvalue weighted by Crippen LogP contribution is -2.37. The molecule has 1 unspecified atom stereocenters. The number of aromatic nitrogens is 3. The molecule has 4 rings (SSSR count). The summed E-state index contributed by atoms with van der Waals surface area (Å²) >= 11 is 0. The van der Waals surface area contributed by atoms with Crippen molar-refractivity contribution in [3.63, 3.8) is 0 Å². The maximum absolute atomic E-state index is 12.4. The van der Waals surface area contributed by atoms with E-state index in [1.54, 1.807) is 35.4 Å². The first-order chi connectivity index (χ1) is 10.8. The Morgan fingerprint density at radius 3 is 2.95 bits per heavy atom. The summed E-state index contributed by atoms with van der Waals surface area (Å²) in [5.74, 6) is 0.683. The Balaban J connectivity index is 1.43. The monoisotopic (exact) mass is 297 g/mol. The SMILES string of the molecule is O=C(NC1CCN(C2CC2)C1)c1ccnc(-n2ccnc2)c1. The first-order valence-corrected chi connectivity index (χ1v) is 7.79. The average Bonchev–Trinajstić information content (AvgIpc) is 3.06. The number of nitrogens with zero attached hydrogens (tertiary/aromatic N) is 4. The van der Waals surface area contributed by atoms with Crippen LogP contribution in [0.15, 0.2) is 37.1 Å². The molecule has 0 radical (unpaired) electrons. The number of rotatable bonds is 4. The van der Waals surface area contributed by atoms with Gasteiger partial charge in [0.2, 0.25) is 0 Å². The van der Waals surface area contributed by atoms with Gasteiger partial charge in [0.05, 0.1) is 0 Å². The third kappa shape index (κ3) is 2.74. The van der Waals surface area contributed by atoms with Crippen molar-refractivity contribution < 1.29 is 4.79 Å². The molecule has 0 bridgehead atoms. The summed E-state index contributed by atoms with van der Waals surface area (Å²) in [6.07, 6.45) is 10.5. The van der Waals surface area contributed by atoms with Crippen LogP contribution < -0.4 is 5.32 Å². The molecule has 2 aromatic rings. The van der Waals surface area contributed by atoms with E-state index in [4.69, 9.17) is 0 Å². The largest absolute Gasteiger partial charge is 0.348 e. The van der Waals surface area contributed by atoms with Gasteiger partial charge < -0.3 is 5.32 Å². The van der Waals surface area contributed by atoms with Gasteiger partial charge in [-0.1, -0.05) is 0 Å². The maximum Gasteiger partial charge on any atom is 0.251 e. The Bertz CT molecular complexity index is 665. The second-order valence-corrected chi connectivity index (χ2v) is 6.06. The highest BCUT2D eigenvalue weighted by molar-refractivity contribution is 5.94. The summed E-state index contributed by atoms with van der Waals surface area (Å²) < 4.78 is 1.79. The van der Waals surface area contributed by atoms with Crippen LogP contribution in [0.2, 0.25) is 0 Å². The molecule has 1 amide bonds. The lowest BCUT2D eigenvalue weighted by Gasteiger charge is -2.16. The van der Waals surface area contributed by atoms with Gasteiger partial charge in [-0.2, -0.15) is 0 Å². The van der Waals surface area contributed by atoms with Gasteiger partial charge in [0.1, 0.15) is 12.1 Å². The number of nitrogens with one attached hydrogen (secondary N) is 1. The standard InChI is InChI=1S/C16H19N5O/c22-16(19-13-4-7-20(10-13)14-1-2-14)12-3-5-18-15(9-12)21-8-6-17-11-21/h3,5-6,8-9,11,13-14H,1-2,4,7,10H2,(H,19,22). The molecule has 1 N–H and O–H groups in total. The zero-order chi connectivity index (χ0) is 14.9. The second kappa shape index (κ2) is 5.53. The van der Waals surface area contributed by atoms with E-state index in [1.165, 1.54) is 12.8 Å². The molecule has 1 saturated carbocycles. The fraction of sp³-hybridized carbons (Fsp3) is 0.438. The van der Waals surface area contributed by atoms with E-state index >= 15 is 0 Å². The number of pyridine rings is 1. The normalized spacial score (nSPS) is 21.9.